The number of carbonyl (C=O) groups is 1. The van der Waals surface area contributed by atoms with Crippen LogP contribution in [0.3, 0.4) is 0 Å². The van der Waals surface area contributed by atoms with Crippen LogP contribution in [0.15, 0.2) is 27.4 Å². The highest BCUT2D eigenvalue weighted by Gasteiger charge is 2.07. The smallest absolute Gasteiger partial charge is 0.196 e. The SMILES string of the molecule is CN(Cc1cscn1)c1ccc(C=O)o1. The Morgan fingerprint density at radius 2 is 2.47 bits per heavy atom. The zero-order valence-corrected chi connectivity index (χ0v) is 9.03. The van der Waals surface area contributed by atoms with E-state index >= 15 is 0 Å². The van der Waals surface area contributed by atoms with Crippen LogP contribution in [0.4, 0.5) is 5.88 Å². The number of carbonyl (C=O) groups excluding carboxylic acids is 1. The van der Waals surface area contributed by atoms with Crippen molar-refractivity contribution in [3.05, 3.63) is 34.5 Å². The van der Waals surface area contributed by atoms with Gasteiger partial charge in [0.25, 0.3) is 0 Å². The van der Waals surface area contributed by atoms with Gasteiger partial charge in [-0.2, -0.15) is 0 Å². The molecule has 2 aromatic heterocycles. The Morgan fingerprint density at radius 3 is 3.07 bits per heavy atom. The van der Waals surface area contributed by atoms with E-state index in [1.165, 1.54) is 0 Å². The summed E-state index contributed by atoms with van der Waals surface area (Å²) in [5, 5.41) is 1.99. The average molecular weight is 222 g/mol. The van der Waals surface area contributed by atoms with Crippen molar-refractivity contribution in [3.63, 3.8) is 0 Å². The van der Waals surface area contributed by atoms with Crippen molar-refractivity contribution >= 4 is 23.5 Å². The van der Waals surface area contributed by atoms with Crippen LogP contribution < -0.4 is 4.90 Å². The highest BCUT2D eigenvalue weighted by molar-refractivity contribution is 7.07. The van der Waals surface area contributed by atoms with Gasteiger partial charge in [0.1, 0.15) is 0 Å². The Labute approximate surface area is 91.2 Å². The zero-order chi connectivity index (χ0) is 10.7. The lowest BCUT2D eigenvalue weighted by atomic mass is 10.4. The Bertz CT molecular complexity index is 436. The number of aromatic nitrogens is 1. The maximum Gasteiger partial charge on any atom is 0.196 e. The second kappa shape index (κ2) is 4.27. The van der Waals surface area contributed by atoms with Crippen molar-refractivity contribution in [2.75, 3.05) is 11.9 Å². The largest absolute Gasteiger partial charge is 0.438 e. The molecule has 78 valence electrons. The van der Waals surface area contributed by atoms with E-state index in [9.17, 15) is 4.79 Å². The molecular formula is C10H10N2O2S. The molecule has 0 aliphatic carbocycles. The third kappa shape index (κ3) is 2.24. The number of nitrogens with zero attached hydrogens (tertiary/aromatic N) is 2. The molecule has 0 fully saturated rings. The molecule has 0 radical (unpaired) electrons. The molecule has 0 amide bonds. The van der Waals surface area contributed by atoms with Crippen LogP contribution in [0, 0.1) is 0 Å². The first-order chi connectivity index (χ1) is 7.29. The van der Waals surface area contributed by atoms with Crippen molar-refractivity contribution in [1.82, 2.24) is 4.98 Å². The van der Waals surface area contributed by atoms with E-state index in [-0.39, 0.29) is 0 Å². The molecule has 2 aromatic rings. The fraction of sp³-hybridized carbons (Fsp3) is 0.200. The van der Waals surface area contributed by atoms with Crippen LogP contribution in [-0.4, -0.2) is 18.3 Å². The van der Waals surface area contributed by atoms with E-state index in [0.29, 0.717) is 24.5 Å². The summed E-state index contributed by atoms with van der Waals surface area (Å²) in [7, 11) is 1.90. The molecular weight excluding hydrogens is 212 g/mol. The molecule has 0 unspecified atom stereocenters. The Morgan fingerprint density at radius 1 is 1.60 bits per heavy atom. The van der Waals surface area contributed by atoms with Crippen molar-refractivity contribution in [2.45, 2.75) is 6.54 Å². The van der Waals surface area contributed by atoms with Crippen molar-refractivity contribution in [1.29, 1.82) is 0 Å². The first-order valence-electron chi connectivity index (χ1n) is 4.43. The lowest BCUT2D eigenvalue weighted by Crippen LogP contribution is -2.15. The van der Waals surface area contributed by atoms with Crippen molar-refractivity contribution in [2.24, 2.45) is 0 Å². The van der Waals surface area contributed by atoms with E-state index in [1.54, 1.807) is 29.0 Å². The molecule has 0 aliphatic heterocycles. The first kappa shape index (κ1) is 9.92. The van der Waals surface area contributed by atoms with E-state index in [4.69, 9.17) is 4.42 Å². The first-order valence-corrected chi connectivity index (χ1v) is 5.37. The van der Waals surface area contributed by atoms with Gasteiger partial charge < -0.3 is 9.32 Å². The predicted molar refractivity (Wildman–Crippen MR) is 58.3 cm³/mol. The minimum absolute atomic E-state index is 0.343. The third-order valence-electron chi connectivity index (χ3n) is 1.99. The monoisotopic (exact) mass is 222 g/mol. The molecule has 0 aliphatic rings. The van der Waals surface area contributed by atoms with E-state index in [1.807, 2.05) is 17.3 Å². The highest BCUT2D eigenvalue weighted by Crippen LogP contribution is 2.18. The minimum atomic E-state index is 0.343. The molecule has 15 heavy (non-hydrogen) atoms. The normalized spacial score (nSPS) is 10.2. The van der Waals surface area contributed by atoms with Gasteiger partial charge in [-0.1, -0.05) is 0 Å². The number of aldehydes is 1. The summed E-state index contributed by atoms with van der Waals surface area (Å²) in [5.74, 6) is 1.01. The van der Waals surface area contributed by atoms with E-state index in [2.05, 4.69) is 4.98 Å². The van der Waals surface area contributed by atoms with Crippen LogP contribution in [0.25, 0.3) is 0 Å². The second-order valence-electron chi connectivity index (χ2n) is 3.13. The summed E-state index contributed by atoms with van der Waals surface area (Å²) in [6.45, 7) is 0.676. The summed E-state index contributed by atoms with van der Waals surface area (Å²) >= 11 is 1.56. The summed E-state index contributed by atoms with van der Waals surface area (Å²) in [4.78, 5) is 16.5. The van der Waals surface area contributed by atoms with Crippen LogP contribution in [0.5, 0.6) is 0 Å². The fourth-order valence-corrected chi connectivity index (χ4v) is 1.80. The number of anilines is 1. The lowest BCUT2D eigenvalue weighted by molar-refractivity contribution is 0.110. The molecule has 0 saturated heterocycles. The van der Waals surface area contributed by atoms with Gasteiger partial charge >= 0.3 is 0 Å². The number of rotatable bonds is 4. The van der Waals surface area contributed by atoms with E-state index < -0.39 is 0 Å². The predicted octanol–water partition coefficient (Wildman–Crippen LogP) is 2.19. The minimum Gasteiger partial charge on any atom is -0.438 e. The number of furan rings is 1. The van der Waals surface area contributed by atoms with Crippen LogP contribution in [0.1, 0.15) is 16.2 Å². The van der Waals surface area contributed by atoms with Gasteiger partial charge in [-0.25, -0.2) is 4.98 Å². The van der Waals surface area contributed by atoms with Gasteiger partial charge in [0.15, 0.2) is 17.9 Å². The standard InChI is InChI=1S/C10H10N2O2S/c1-12(4-8-6-15-7-11-8)10-3-2-9(5-13)14-10/h2-3,5-7H,4H2,1H3. The molecule has 0 N–H and O–H groups in total. The summed E-state index contributed by atoms with van der Waals surface area (Å²) in [5.41, 5.74) is 2.79. The Hall–Kier alpha value is -1.62. The van der Waals surface area contributed by atoms with Crippen LogP contribution in [0.2, 0.25) is 0 Å². The maximum absolute atomic E-state index is 10.4. The lowest BCUT2D eigenvalue weighted by Gasteiger charge is -2.13. The molecule has 0 aromatic carbocycles. The molecule has 2 heterocycles. The fourth-order valence-electron chi connectivity index (χ4n) is 1.25. The topological polar surface area (TPSA) is 46.3 Å². The van der Waals surface area contributed by atoms with Gasteiger partial charge in [-0.05, 0) is 6.07 Å². The molecule has 0 atom stereocenters. The average Bonchev–Trinajstić information content (AvgIpc) is 2.86. The molecule has 0 saturated carbocycles. The van der Waals surface area contributed by atoms with Crippen LogP contribution >= 0.6 is 11.3 Å². The van der Waals surface area contributed by atoms with Gasteiger partial charge in [-0.15, -0.1) is 11.3 Å². The number of hydrogen-bond donors (Lipinski definition) is 0. The highest BCUT2D eigenvalue weighted by atomic mass is 32.1. The summed E-state index contributed by atoms with van der Waals surface area (Å²) in [6.07, 6.45) is 0.695. The number of hydrogen-bond acceptors (Lipinski definition) is 5. The van der Waals surface area contributed by atoms with E-state index in [0.717, 1.165) is 5.69 Å². The van der Waals surface area contributed by atoms with Crippen molar-refractivity contribution in [3.8, 4) is 0 Å². The Balaban J connectivity index is 2.07. The van der Waals surface area contributed by atoms with Gasteiger partial charge in [0.05, 0.1) is 17.7 Å². The number of thiazole rings is 1. The second-order valence-corrected chi connectivity index (χ2v) is 3.85. The Kier molecular flexibility index (Phi) is 2.82. The quantitative estimate of drug-likeness (QED) is 0.744. The van der Waals surface area contributed by atoms with Gasteiger partial charge in [-0.3, -0.25) is 4.79 Å². The summed E-state index contributed by atoms with van der Waals surface area (Å²) < 4.78 is 5.28. The molecule has 2 rings (SSSR count). The molecule has 0 spiro atoms. The summed E-state index contributed by atoms with van der Waals surface area (Å²) in [6, 6.07) is 3.43. The molecule has 4 nitrogen and oxygen atoms in total. The van der Waals surface area contributed by atoms with Crippen molar-refractivity contribution < 1.29 is 9.21 Å². The molecule has 0 bridgehead atoms. The maximum atomic E-state index is 10.4. The van der Waals surface area contributed by atoms with Gasteiger partial charge in [0.2, 0.25) is 0 Å². The third-order valence-corrected chi connectivity index (χ3v) is 2.62. The van der Waals surface area contributed by atoms with Crippen LogP contribution in [-0.2, 0) is 6.54 Å². The molecule has 5 heteroatoms. The van der Waals surface area contributed by atoms with Gasteiger partial charge in [0, 0.05) is 18.5 Å². The zero-order valence-electron chi connectivity index (χ0n) is 8.21.